The molecule has 0 spiro atoms. The van der Waals surface area contributed by atoms with Crippen LogP contribution in [-0.2, 0) is 0 Å². The fourth-order valence-corrected chi connectivity index (χ4v) is 3.42. The van der Waals surface area contributed by atoms with Gasteiger partial charge in [0.15, 0.2) is 5.96 Å². The van der Waals surface area contributed by atoms with Gasteiger partial charge in [-0.05, 0) is 62.9 Å². The van der Waals surface area contributed by atoms with Gasteiger partial charge in [0, 0.05) is 31.2 Å². The Bertz CT molecular complexity index is 573. The first kappa shape index (κ1) is 18.3. The molecule has 0 aromatic heterocycles. The minimum Gasteiger partial charge on any atom is -0.489 e. The third-order valence-corrected chi connectivity index (χ3v) is 5.12. The number of ether oxygens (including phenoxy) is 1. The summed E-state index contributed by atoms with van der Waals surface area (Å²) in [6, 6.07) is 8.33. The van der Waals surface area contributed by atoms with E-state index < -0.39 is 0 Å². The van der Waals surface area contributed by atoms with Gasteiger partial charge in [-0.25, -0.2) is 0 Å². The summed E-state index contributed by atoms with van der Waals surface area (Å²) >= 11 is 5.89. The molecule has 1 aromatic rings. The van der Waals surface area contributed by atoms with Crippen molar-refractivity contribution in [2.45, 2.75) is 38.3 Å². The number of hydrogen-bond acceptors (Lipinski definition) is 3. The largest absolute Gasteiger partial charge is 0.489 e. The molecule has 3 rings (SSSR count). The molecule has 1 saturated carbocycles. The third kappa shape index (κ3) is 5.79. The third-order valence-electron chi connectivity index (χ3n) is 4.87. The van der Waals surface area contributed by atoms with E-state index >= 15 is 0 Å². The number of likely N-dealkylation sites (tertiary alicyclic amines) is 1. The number of hydrogen-bond donors (Lipinski definition) is 2. The van der Waals surface area contributed by atoms with E-state index in [9.17, 15) is 0 Å². The lowest BCUT2D eigenvalue weighted by molar-refractivity contribution is 0.224. The summed E-state index contributed by atoms with van der Waals surface area (Å²) < 4.78 is 5.88. The first-order chi connectivity index (χ1) is 12.1. The lowest BCUT2D eigenvalue weighted by atomic mass is 10.1. The maximum atomic E-state index is 5.89. The summed E-state index contributed by atoms with van der Waals surface area (Å²) in [5, 5.41) is 7.52. The van der Waals surface area contributed by atoms with E-state index in [2.05, 4.69) is 20.5 Å². The SMILES string of the molecule is CN=C(NCC1CCN(C2CC2)C1)NCC(C)Oc1ccc(Cl)cc1. The summed E-state index contributed by atoms with van der Waals surface area (Å²) in [4.78, 5) is 6.96. The molecular formula is C19H29ClN4O. The molecule has 1 saturated heterocycles. The number of aliphatic imine (C=N–C) groups is 1. The Balaban J connectivity index is 1.35. The molecule has 2 atom stereocenters. The van der Waals surface area contributed by atoms with Crippen LogP contribution in [0.3, 0.4) is 0 Å². The highest BCUT2D eigenvalue weighted by Gasteiger charge is 2.34. The Morgan fingerprint density at radius 3 is 2.72 bits per heavy atom. The fraction of sp³-hybridized carbons (Fsp3) is 0.632. The van der Waals surface area contributed by atoms with E-state index in [1.807, 2.05) is 38.2 Å². The van der Waals surface area contributed by atoms with Crippen LogP contribution in [0.2, 0.25) is 5.02 Å². The van der Waals surface area contributed by atoms with E-state index in [0.717, 1.165) is 35.2 Å². The number of rotatable bonds is 7. The van der Waals surface area contributed by atoms with Crippen LogP contribution in [-0.4, -0.2) is 56.2 Å². The predicted molar refractivity (Wildman–Crippen MR) is 104 cm³/mol. The normalized spacial score (nSPS) is 22.7. The standard InChI is InChI=1S/C19H29ClN4O/c1-14(25-18-7-3-16(20)4-8-18)11-22-19(21-2)23-12-15-9-10-24(13-15)17-5-6-17/h3-4,7-8,14-15,17H,5-6,9-13H2,1-2H3,(H2,21,22,23). The van der Waals surface area contributed by atoms with E-state index in [-0.39, 0.29) is 6.10 Å². The van der Waals surface area contributed by atoms with E-state index in [1.165, 1.54) is 32.4 Å². The van der Waals surface area contributed by atoms with Crippen molar-refractivity contribution in [1.82, 2.24) is 15.5 Å². The minimum atomic E-state index is 0.0385. The van der Waals surface area contributed by atoms with Gasteiger partial charge in [0.2, 0.25) is 0 Å². The van der Waals surface area contributed by atoms with Crippen molar-refractivity contribution < 1.29 is 4.74 Å². The summed E-state index contributed by atoms with van der Waals surface area (Å²) in [6.45, 7) is 6.20. The number of nitrogens with zero attached hydrogens (tertiary/aromatic N) is 2. The van der Waals surface area contributed by atoms with Crippen LogP contribution < -0.4 is 15.4 Å². The lowest BCUT2D eigenvalue weighted by Gasteiger charge is -2.19. The molecule has 2 aliphatic rings. The number of nitrogens with one attached hydrogen (secondary N) is 2. The molecule has 6 heteroatoms. The average Bonchev–Trinajstić information content (AvgIpc) is 3.36. The van der Waals surface area contributed by atoms with Crippen molar-refractivity contribution >= 4 is 17.6 Å². The zero-order valence-electron chi connectivity index (χ0n) is 15.2. The lowest BCUT2D eigenvalue weighted by Crippen LogP contribution is -2.43. The Labute approximate surface area is 155 Å². The monoisotopic (exact) mass is 364 g/mol. The van der Waals surface area contributed by atoms with Crippen LogP contribution in [0, 0.1) is 5.92 Å². The van der Waals surface area contributed by atoms with Crippen LogP contribution in [0.5, 0.6) is 5.75 Å². The zero-order chi connectivity index (χ0) is 17.6. The summed E-state index contributed by atoms with van der Waals surface area (Å²) in [5.41, 5.74) is 0. The van der Waals surface area contributed by atoms with Gasteiger partial charge in [0.25, 0.3) is 0 Å². The summed E-state index contributed by atoms with van der Waals surface area (Å²) in [7, 11) is 1.81. The van der Waals surface area contributed by atoms with Gasteiger partial charge in [0.1, 0.15) is 11.9 Å². The van der Waals surface area contributed by atoms with Crippen molar-refractivity contribution in [3.8, 4) is 5.75 Å². The van der Waals surface area contributed by atoms with Crippen LogP contribution in [0.25, 0.3) is 0 Å². The van der Waals surface area contributed by atoms with Crippen molar-refractivity contribution in [1.29, 1.82) is 0 Å². The minimum absolute atomic E-state index is 0.0385. The Morgan fingerprint density at radius 2 is 2.04 bits per heavy atom. The van der Waals surface area contributed by atoms with Gasteiger partial charge in [-0.2, -0.15) is 0 Å². The topological polar surface area (TPSA) is 48.9 Å². The maximum Gasteiger partial charge on any atom is 0.191 e. The Kier molecular flexibility index (Phi) is 6.43. The Hall–Kier alpha value is -1.46. The highest BCUT2D eigenvalue weighted by molar-refractivity contribution is 6.30. The van der Waals surface area contributed by atoms with Crippen LogP contribution in [0.1, 0.15) is 26.2 Å². The molecule has 2 N–H and O–H groups in total. The molecule has 1 aromatic carbocycles. The van der Waals surface area contributed by atoms with E-state index in [4.69, 9.17) is 16.3 Å². The van der Waals surface area contributed by atoms with E-state index in [0.29, 0.717) is 6.54 Å². The molecule has 0 bridgehead atoms. The van der Waals surface area contributed by atoms with Gasteiger partial charge < -0.3 is 20.3 Å². The molecule has 0 radical (unpaired) electrons. The van der Waals surface area contributed by atoms with Gasteiger partial charge in [-0.15, -0.1) is 0 Å². The summed E-state index contributed by atoms with van der Waals surface area (Å²) in [6.07, 6.45) is 4.12. The van der Waals surface area contributed by atoms with Crippen molar-refractivity contribution in [2.24, 2.45) is 10.9 Å². The first-order valence-electron chi connectivity index (χ1n) is 9.25. The second kappa shape index (κ2) is 8.77. The summed E-state index contributed by atoms with van der Waals surface area (Å²) in [5.74, 6) is 2.39. The van der Waals surface area contributed by atoms with E-state index in [1.54, 1.807) is 0 Å². The number of guanidine groups is 1. The van der Waals surface area contributed by atoms with Gasteiger partial charge in [-0.1, -0.05) is 11.6 Å². The second-order valence-electron chi connectivity index (χ2n) is 7.10. The molecule has 5 nitrogen and oxygen atoms in total. The number of benzene rings is 1. The zero-order valence-corrected chi connectivity index (χ0v) is 15.9. The molecule has 2 fully saturated rings. The molecule has 138 valence electrons. The number of halogens is 1. The van der Waals surface area contributed by atoms with Crippen molar-refractivity contribution in [3.05, 3.63) is 29.3 Å². The van der Waals surface area contributed by atoms with Crippen LogP contribution >= 0.6 is 11.6 Å². The quantitative estimate of drug-likeness (QED) is 0.577. The second-order valence-corrected chi connectivity index (χ2v) is 7.53. The maximum absolute atomic E-state index is 5.89. The molecule has 1 aliphatic heterocycles. The average molecular weight is 365 g/mol. The molecule has 2 unspecified atom stereocenters. The highest BCUT2D eigenvalue weighted by atomic mass is 35.5. The molecule has 25 heavy (non-hydrogen) atoms. The predicted octanol–water partition coefficient (Wildman–Crippen LogP) is 2.76. The van der Waals surface area contributed by atoms with Gasteiger partial charge in [-0.3, -0.25) is 4.99 Å². The van der Waals surface area contributed by atoms with Crippen molar-refractivity contribution in [3.63, 3.8) is 0 Å². The molecule has 1 heterocycles. The smallest absolute Gasteiger partial charge is 0.191 e. The highest BCUT2D eigenvalue weighted by Crippen LogP contribution is 2.31. The molecular weight excluding hydrogens is 336 g/mol. The molecule has 1 aliphatic carbocycles. The fourth-order valence-electron chi connectivity index (χ4n) is 3.29. The van der Waals surface area contributed by atoms with Gasteiger partial charge >= 0.3 is 0 Å². The van der Waals surface area contributed by atoms with Gasteiger partial charge in [0.05, 0.1) is 6.54 Å². The van der Waals surface area contributed by atoms with Crippen LogP contribution in [0.4, 0.5) is 0 Å². The van der Waals surface area contributed by atoms with Crippen LogP contribution in [0.15, 0.2) is 29.3 Å². The Morgan fingerprint density at radius 1 is 1.28 bits per heavy atom. The first-order valence-corrected chi connectivity index (χ1v) is 9.62. The molecule has 0 amide bonds. The van der Waals surface area contributed by atoms with Crippen molar-refractivity contribution in [2.75, 3.05) is 33.2 Å².